The molecule has 4 rings (SSSR count). The van der Waals surface area contributed by atoms with Crippen molar-refractivity contribution in [3.05, 3.63) is 0 Å². The van der Waals surface area contributed by atoms with E-state index in [1.807, 2.05) is 0 Å². The highest BCUT2D eigenvalue weighted by molar-refractivity contribution is 5.98. The summed E-state index contributed by atoms with van der Waals surface area (Å²) in [4.78, 5) is 13.6. The van der Waals surface area contributed by atoms with Gasteiger partial charge >= 0.3 is 0 Å². The minimum absolute atomic E-state index is 0.369. The van der Waals surface area contributed by atoms with E-state index in [0.29, 0.717) is 5.78 Å². The highest BCUT2D eigenvalue weighted by Crippen LogP contribution is 2.66. The quantitative estimate of drug-likeness (QED) is 0.250. The van der Waals surface area contributed by atoms with E-state index in [1.165, 1.54) is 96.3 Å². The van der Waals surface area contributed by atoms with Crippen LogP contribution in [-0.4, -0.2) is 12.0 Å². The zero-order chi connectivity index (χ0) is 24.7. The Labute approximate surface area is 217 Å². The molecular formula is C33H57FO. The van der Waals surface area contributed by atoms with Gasteiger partial charge in [0.2, 0.25) is 0 Å². The second kappa shape index (κ2) is 12.9. The zero-order valence-corrected chi connectivity index (χ0v) is 23.4. The predicted octanol–water partition coefficient (Wildman–Crippen LogP) is 10.4. The second-order valence-corrected chi connectivity index (χ2v) is 13.6. The Kier molecular flexibility index (Phi) is 10.2. The van der Waals surface area contributed by atoms with Crippen LogP contribution >= 0.6 is 0 Å². The number of hydrogen-bond acceptors (Lipinski definition) is 1. The number of Topliss-reactive ketones (excluding diaryl/α,β-unsaturated/α-hetero) is 1. The third-order valence-corrected chi connectivity index (χ3v) is 11.5. The van der Waals surface area contributed by atoms with Gasteiger partial charge in [-0.2, -0.15) is 0 Å². The van der Waals surface area contributed by atoms with E-state index in [2.05, 4.69) is 13.8 Å². The van der Waals surface area contributed by atoms with Gasteiger partial charge in [0.25, 0.3) is 0 Å². The van der Waals surface area contributed by atoms with E-state index in [0.717, 1.165) is 75.0 Å². The summed E-state index contributed by atoms with van der Waals surface area (Å²) in [6.45, 7) is 4.56. The fraction of sp³-hybridized carbons (Fsp3) is 0.970. The average Bonchev–Trinajstić information content (AvgIpc) is 2.91. The van der Waals surface area contributed by atoms with Gasteiger partial charge in [0.1, 0.15) is 6.17 Å². The molecule has 4 aliphatic carbocycles. The molecule has 0 heterocycles. The van der Waals surface area contributed by atoms with Gasteiger partial charge in [-0.25, -0.2) is 4.39 Å². The molecule has 0 bridgehead atoms. The molecule has 2 heteroatoms. The van der Waals surface area contributed by atoms with Crippen molar-refractivity contribution in [2.24, 2.45) is 34.5 Å². The Balaban J connectivity index is 1.17. The first-order valence-corrected chi connectivity index (χ1v) is 16.2. The summed E-state index contributed by atoms with van der Waals surface area (Å²) in [6, 6.07) is 0. The van der Waals surface area contributed by atoms with E-state index in [-0.39, 0.29) is 0 Å². The third kappa shape index (κ3) is 6.03. The molecular weight excluding hydrogens is 431 g/mol. The maximum atomic E-state index is 15.9. The molecule has 202 valence electrons. The number of halogens is 1. The van der Waals surface area contributed by atoms with Crippen molar-refractivity contribution in [2.75, 3.05) is 0 Å². The van der Waals surface area contributed by atoms with Crippen LogP contribution < -0.4 is 0 Å². The molecule has 0 amide bonds. The van der Waals surface area contributed by atoms with Crippen molar-refractivity contribution in [1.82, 2.24) is 0 Å². The molecule has 0 unspecified atom stereocenters. The summed E-state index contributed by atoms with van der Waals surface area (Å²) in [5, 5.41) is 0. The number of rotatable bonds is 12. The summed E-state index contributed by atoms with van der Waals surface area (Å²) in [5.41, 5.74) is -1.14. The van der Waals surface area contributed by atoms with E-state index in [1.54, 1.807) is 0 Å². The molecule has 0 radical (unpaired) electrons. The van der Waals surface area contributed by atoms with Crippen molar-refractivity contribution >= 4 is 5.78 Å². The molecule has 2 spiro atoms. The summed E-state index contributed by atoms with van der Waals surface area (Å²) in [7, 11) is 0. The van der Waals surface area contributed by atoms with Gasteiger partial charge < -0.3 is 0 Å². The summed E-state index contributed by atoms with van der Waals surface area (Å²) < 4.78 is 15.9. The molecule has 0 aliphatic heterocycles. The fourth-order valence-electron chi connectivity index (χ4n) is 9.09. The molecule has 0 saturated heterocycles. The Bertz CT molecular complexity index is 631. The highest BCUT2D eigenvalue weighted by Gasteiger charge is 2.71. The van der Waals surface area contributed by atoms with Crippen molar-refractivity contribution in [2.45, 2.75) is 168 Å². The van der Waals surface area contributed by atoms with Crippen LogP contribution in [0.25, 0.3) is 0 Å². The van der Waals surface area contributed by atoms with Crippen molar-refractivity contribution in [3.63, 3.8) is 0 Å². The van der Waals surface area contributed by atoms with Crippen LogP contribution in [0.4, 0.5) is 4.39 Å². The number of alkyl halides is 1. The van der Waals surface area contributed by atoms with Crippen LogP contribution in [0, 0.1) is 34.5 Å². The minimum Gasteiger partial charge on any atom is -0.298 e. The lowest BCUT2D eigenvalue weighted by Gasteiger charge is -2.61. The molecule has 0 aromatic rings. The smallest absolute Gasteiger partial charge is 0.151 e. The Hall–Kier alpha value is -0.400. The van der Waals surface area contributed by atoms with Crippen LogP contribution in [0.15, 0.2) is 0 Å². The Morgan fingerprint density at radius 1 is 0.600 bits per heavy atom. The minimum atomic E-state index is -0.840. The molecule has 4 saturated carbocycles. The fourth-order valence-corrected chi connectivity index (χ4v) is 9.09. The molecule has 35 heavy (non-hydrogen) atoms. The first-order valence-electron chi connectivity index (χ1n) is 16.2. The molecule has 0 N–H and O–H groups in total. The standard InChI is InChI=1S/C33H57FO/c1-3-5-7-9-11-13-27-18-22-32(23-19-27)30(34)33(31(32)35)24-20-29(21-25-33)28-16-14-26(15-17-28)12-10-8-6-4-2/h26-30H,3-25H2,1-2H3/t26?,27?,28?,29?,30-,32?,33?/m1/s1. The lowest BCUT2D eigenvalue weighted by atomic mass is 9.41. The number of carbonyl (C=O) groups is 1. The maximum Gasteiger partial charge on any atom is 0.151 e. The molecule has 4 fully saturated rings. The average molecular weight is 489 g/mol. The largest absolute Gasteiger partial charge is 0.298 e. The topological polar surface area (TPSA) is 17.1 Å². The normalized spacial score (nSPS) is 39.7. The Morgan fingerprint density at radius 2 is 1.03 bits per heavy atom. The molecule has 4 aliphatic rings. The van der Waals surface area contributed by atoms with E-state index < -0.39 is 17.0 Å². The van der Waals surface area contributed by atoms with Crippen molar-refractivity contribution in [1.29, 1.82) is 0 Å². The number of carbonyl (C=O) groups excluding carboxylic acids is 1. The summed E-state index contributed by atoms with van der Waals surface area (Å²) in [5.74, 6) is 3.70. The Morgan fingerprint density at radius 3 is 1.54 bits per heavy atom. The zero-order valence-electron chi connectivity index (χ0n) is 23.4. The summed E-state index contributed by atoms with van der Waals surface area (Å²) >= 11 is 0. The number of ketones is 1. The third-order valence-electron chi connectivity index (χ3n) is 11.5. The van der Waals surface area contributed by atoms with E-state index in [9.17, 15) is 4.79 Å². The van der Waals surface area contributed by atoms with Gasteiger partial charge in [-0.1, -0.05) is 97.3 Å². The van der Waals surface area contributed by atoms with Crippen molar-refractivity contribution < 1.29 is 9.18 Å². The maximum absolute atomic E-state index is 15.9. The second-order valence-electron chi connectivity index (χ2n) is 13.6. The molecule has 0 aromatic carbocycles. The number of hydrogen-bond donors (Lipinski definition) is 0. The monoisotopic (exact) mass is 488 g/mol. The van der Waals surface area contributed by atoms with Gasteiger partial charge in [-0.05, 0) is 87.9 Å². The predicted molar refractivity (Wildman–Crippen MR) is 146 cm³/mol. The lowest BCUT2D eigenvalue weighted by molar-refractivity contribution is -0.194. The lowest BCUT2D eigenvalue weighted by Crippen LogP contribution is -2.69. The number of unbranched alkanes of at least 4 members (excludes halogenated alkanes) is 7. The van der Waals surface area contributed by atoms with Crippen LogP contribution in [-0.2, 0) is 4.79 Å². The first kappa shape index (κ1) is 27.6. The van der Waals surface area contributed by atoms with Crippen LogP contribution in [0.1, 0.15) is 162 Å². The van der Waals surface area contributed by atoms with Crippen molar-refractivity contribution in [3.8, 4) is 0 Å². The van der Waals surface area contributed by atoms with Gasteiger partial charge in [-0.15, -0.1) is 0 Å². The molecule has 1 atom stereocenters. The summed E-state index contributed by atoms with van der Waals surface area (Å²) in [6.07, 6.45) is 27.7. The van der Waals surface area contributed by atoms with Gasteiger partial charge in [0.05, 0.1) is 10.8 Å². The van der Waals surface area contributed by atoms with Crippen LogP contribution in [0.2, 0.25) is 0 Å². The molecule has 1 nitrogen and oxygen atoms in total. The van der Waals surface area contributed by atoms with Gasteiger partial charge in [-0.3, -0.25) is 4.79 Å². The van der Waals surface area contributed by atoms with E-state index in [4.69, 9.17) is 0 Å². The SMILES string of the molecule is CCCCCCCC1CCC2(CC1)C(=O)C1(CCC(C3CCC(CCCCCC)CC3)CC1)[C@@H]2F. The van der Waals surface area contributed by atoms with Gasteiger partial charge in [0.15, 0.2) is 5.78 Å². The highest BCUT2D eigenvalue weighted by atomic mass is 19.1. The first-order chi connectivity index (χ1) is 17.1. The van der Waals surface area contributed by atoms with E-state index >= 15 is 4.39 Å². The van der Waals surface area contributed by atoms with Crippen LogP contribution in [0.5, 0.6) is 0 Å². The van der Waals surface area contributed by atoms with Crippen LogP contribution in [0.3, 0.4) is 0 Å². The van der Waals surface area contributed by atoms with Gasteiger partial charge in [0, 0.05) is 0 Å². The molecule has 0 aromatic heterocycles.